The summed E-state index contributed by atoms with van der Waals surface area (Å²) >= 11 is 0. The Morgan fingerprint density at radius 3 is 1.92 bits per heavy atom. The Labute approximate surface area is 217 Å². The molecule has 0 spiro atoms. The van der Waals surface area contributed by atoms with E-state index in [-0.39, 0.29) is 17.2 Å². The van der Waals surface area contributed by atoms with E-state index < -0.39 is 17.6 Å². The number of hydrogen-bond donors (Lipinski definition) is 2. The molecule has 0 bridgehead atoms. The van der Waals surface area contributed by atoms with Crippen LogP contribution in [0.4, 0.5) is 24.5 Å². The van der Waals surface area contributed by atoms with E-state index in [1.165, 1.54) is 36.4 Å². The first-order valence-electron chi connectivity index (χ1n) is 11.6. The van der Waals surface area contributed by atoms with Gasteiger partial charge in [0, 0.05) is 22.5 Å². The summed E-state index contributed by atoms with van der Waals surface area (Å²) in [7, 11) is 0. The van der Waals surface area contributed by atoms with E-state index in [1.807, 2.05) is 30.3 Å². The van der Waals surface area contributed by atoms with Crippen LogP contribution in [0.2, 0.25) is 0 Å². The fraction of sp³-hybridized carbons (Fsp3) is 0.103. The number of ether oxygens (including phenoxy) is 2. The van der Waals surface area contributed by atoms with Crippen LogP contribution in [0.15, 0.2) is 103 Å². The molecule has 0 aromatic heterocycles. The fourth-order valence-corrected chi connectivity index (χ4v) is 3.45. The number of amides is 2. The third-order valence-electron chi connectivity index (χ3n) is 5.31. The Balaban J connectivity index is 1.30. The van der Waals surface area contributed by atoms with Crippen molar-refractivity contribution < 1.29 is 32.2 Å². The Kier molecular flexibility index (Phi) is 8.27. The van der Waals surface area contributed by atoms with Crippen molar-refractivity contribution in [3.63, 3.8) is 0 Å². The highest BCUT2D eigenvalue weighted by atomic mass is 19.4. The molecule has 194 valence electrons. The molecule has 4 aromatic carbocycles. The molecule has 4 aromatic rings. The molecule has 0 saturated carbocycles. The number of rotatable bonds is 9. The van der Waals surface area contributed by atoms with Crippen LogP contribution in [0.1, 0.15) is 26.3 Å². The van der Waals surface area contributed by atoms with Crippen molar-refractivity contribution >= 4 is 23.2 Å². The second-order valence-corrected chi connectivity index (χ2v) is 8.10. The summed E-state index contributed by atoms with van der Waals surface area (Å²) in [6, 6.07) is 26.4. The predicted molar refractivity (Wildman–Crippen MR) is 138 cm³/mol. The van der Waals surface area contributed by atoms with Gasteiger partial charge in [-0.05, 0) is 72.8 Å². The van der Waals surface area contributed by atoms with E-state index in [9.17, 15) is 22.8 Å². The molecular weight excluding hydrogens is 497 g/mol. The van der Waals surface area contributed by atoms with Crippen LogP contribution in [0, 0.1) is 0 Å². The summed E-state index contributed by atoms with van der Waals surface area (Å²) in [5.74, 6) is 0.291. The Morgan fingerprint density at radius 1 is 0.605 bits per heavy atom. The predicted octanol–water partition coefficient (Wildman–Crippen LogP) is 6.67. The maximum Gasteiger partial charge on any atom is 0.416 e. The van der Waals surface area contributed by atoms with Crippen molar-refractivity contribution in [3.8, 4) is 11.5 Å². The zero-order valence-corrected chi connectivity index (χ0v) is 20.0. The van der Waals surface area contributed by atoms with Crippen molar-refractivity contribution in [1.82, 2.24) is 0 Å². The number of nitrogens with one attached hydrogen (secondary N) is 2. The minimum atomic E-state index is -4.51. The number of carbonyl (C=O) groups excluding carboxylic acids is 2. The Hall–Kier alpha value is -4.79. The lowest BCUT2D eigenvalue weighted by Gasteiger charge is -2.11. The molecule has 4 rings (SSSR count). The molecule has 2 amide bonds. The van der Waals surface area contributed by atoms with Crippen LogP contribution in [-0.2, 0) is 6.18 Å². The van der Waals surface area contributed by atoms with Gasteiger partial charge in [-0.3, -0.25) is 9.59 Å². The standard InChI is InChI=1S/C29H23F3N2O4/c30-29(31,32)22-7-5-8-24(19-22)34-27(35)20-12-14-23(15-13-20)33-28(36)21-6-4-11-26(18-21)38-17-16-37-25-9-2-1-3-10-25/h1-15,18-19H,16-17H2,(H,33,36)(H,34,35). The highest BCUT2D eigenvalue weighted by Crippen LogP contribution is 2.30. The van der Waals surface area contributed by atoms with Gasteiger partial charge in [0.25, 0.3) is 11.8 Å². The molecule has 0 heterocycles. The Bertz CT molecular complexity index is 1390. The molecule has 2 N–H and O–H groups in total. The van der Waals surface area contributed by atoms with Gasteiger partial charge < -0.3 is 20.1 Å². The van der Waals surface area contributed by atoms with Crippen LogP contribution in [0.3, 0.4) is 0 Å². The summed E-state index contributed by atoms with van der Waals surface area (Å²) in [5.41, 5.74) is 0.193. The van der Waals surface area contributed by atoms with E-state index >= 15 is 0 Å². The first-order chi connectivity index (χ1) is 18.3. The Morgan fingerprint density at radius 2 is 1.21 bits per heavy atom. The average Bonchev–Trinajstić information content (AvgIpc) is 2.92. The topological polar surface area (TPSA) is 76.7 Å². The molecule has 0 fully saturated rings. The number of hydrogen-bond acceptors (Lipinski definition) is 4. The fourth-order valence-electron chi connectivity index (χ4n) is 3.45. The second kappa shape index (κ2) is 12.0. The summed E-state index contributed by atoms with van der Waals surface area (Å²) in [5, 5.41) is 5.18. The van der Waals surface area contributed by atoms with Gasteiger partial charge in [0.05, 0.1) is 5.56 Å². The largest absolute Gasteiger partial charge is 0.490 e. The SMILES string of the molecule is O=C(Nc1cccc(C(F)(F)F)c1)c1ccc(NC(=O)c2cccc(OCCOc3ccccc3)c2)cc1. The van der Waals surface area contributed by atoms with Crippen LogP contribution < -0.4 is 20.1 Å². The number of halogens is 3. The van der Waals surface area contributed by atoms with Crippen molar-refractivity contribution in [2.24, 2.45) is 0 Å². The average molecular weight is 521 g/mol. The molecule has 6 nitrogen and oxygen atoms in total. The van der Waals surface area contributed by atoms with Crippen LogP contribution in [-0.4, -0.2) is 25.0 Å². The molecule has 0 aliphatic carbocycles. The number of alkyl halides is 3. The molecule has 38 heavy (non-hydrogen) atoms. The molecule has 0 aliphatic heterocycles. The number of benzene rings is 4. The second-order valence-electron chi connectivity index (χ2n) is 8.10. The highest BCUT2D eigenvalue weighted by Gasteiger charge is 2.30. The lowest BCUT2D eigenvalue weighted by Crippen LogP contribution is -2.14. The normalized spacial score (nSPS) is 10.9. The van der Waals surface area contributed by atoms with Crippen molar-refractivity contribution in [3.05, 3.63) is 120 Å². The quantitative estimate of drug-likeness (QED) is 0.242. The summed E-state index contributed by atoms with van der Waals surface area (Å²) in [4.78, 5) is 25.1. The lowest BCUT2D eigenvalue weighted by molar-refractivity contribution is -0.137. The zero-order chi connectivity index (χ0) is 27.0. The minimum absolute atomic E-state index is 0.0240. The van der Waals surface area contributed by atoms with Crippen LogP contribution in [0.5, 0.6) is 11.5 Å². The highest BCUT2D eigenvalue weighted by molar-refractivity contribution is 6.06. The first kappa shape index (κ1) is 26.3. The van der Waals surface area contributed by atoms with Crippen molar-refractivity contribution in [2.75, 3.05) is 23.8 Å². The molecule has 0 atom stereocenters. The van der Waals surface area contributed by atoms with E-state index in [2.05, 4.69) is 10.6 Å². The molecular formula is C29H23F3N2O4. The van der Waals surface area contributed by atoms with Crippen molar-refractivity contribution in [1.29, 1.82) is 0 Å². The van der Waals surface area contributed by atoms with E-state index in [0.717, 1.165) is 17.9 Å². The van der Waals surface area contributed by atoms with Crippen molar-refractivity contribution in [2.45, 2.75) is 6.18 Å². The van der Waals surface area contributed by atoms with Gasteiger partial charge in [0.1, 0.15) is 24.7 Å². The van der Waals surface area contributed by atoms with Gasteiger partial charge in [-0.2, -0.15) is 13.2 Å². The first-order valence-corrected chi connectivity index (χ1v) is 11.6. The van der Waals surface area contributed by atoms with Gasteiger partial charge in [0.2, 0.25) is 0 Å². The van der Waals surface area contributed by atoms with E-state index in [0.29, 0.717) is 30.2 Å². The zero-order valence-electron chi connectivity index (χ0n) is 20.0. The molecule has 0 unspecified atom stereocenters. The van der Waals surface area contributed by atoms with Gasteiger partial charge in [-0.1, -0.05) is 30.3 Å². The molecule has 0 saturated heterocycles. The third-order valence-corrected chi connectivity index (χ3v) is 5.31. The smallest absolute Gasteiger partial charge is 0.416 e. The van der Waals surface area contributed by atoms with Gasteiger partial charge in [0.15, 0.2) is 0 Å². The minimum Gasteiger partial charge on any atom is -0.490 e. The van der Waals surface area contributed by atoms with Crippen LogP contribution >= 0.6 is 0 Å². The summed E-state index contributed by atoms with van der Waals surface area (Å²) in [6.07, 6.45) is -4.51. The summed E-state index contributed by atoms with van der Waals surface area (Å²) < 4.78 is 49.9. The third kappa shape index (κ3) is 7.36. The monoisotopic (exact) mass is 520 g/mol. The maximum absolute atomic E-state index is 12.9. The summed E-state index contributed by atoms with van der Waals surface area (Å²) in [6.45, 7) is 0.637. The van der Waals surface area contributed by atoms with Crippen LogP contribution in [0.25, 0.3) is 0 Å². The number of para-hydroxylation sites is 1. The molecule has 0 radical (unpaired) electrons. The number of carbonyl (C=O) groups is 2. The van der Waals surface area contributed by atoms with E-state index in [4.69, 9.17) is 9.47 Å². The lowest BCUT2D eigenvalue weighted by atomic mass is 10.1. The van der Waals surface area contributed by atoms with E-state index in [1.54, 1.807) is 24.3 Å². The molecule has 9 heteroatoms. The van der Waals surface area contributed by atoms with Gasteiger partial charge >= 0.3 is 6.18 Å². The van der Waals surface area contributed by atoms with Gasteiger partial charge in [-0.15, -0.1) is 0 Å². The van der Waals surface area contributed by atoms with Gasteiger partial charge in [-0.25, -0.2) is 0 Å². The maximum atomic E-state index is 12.9. The number of anilines is 2. The molecule has 0 aliphatic rings.